The molecule has 7 heteroatoms. The molecule has 0 aliphatic rings. The fourth-order valence-corrected chi connectivity index (χ4v) is 2.18. The number of ether oxygens (including phenoxy) is 1. The number of hydrogen-bond donors (Lipinski definition) is 1. The Morgan fingerprint density at radius 1 is 1.35 bits per heavy atom. The number of rotatable bonds is 8. The maximum atomic E-state index is 5.94. The summed E-state index contributed by atoms with van der Waals surface area (Å²) in [6.45, 7) is 7.25. The Bertz CT molecular complexity index is 557. The van der Waals surface area contributed by atoms with Crippen molar-refractivity contribution in [2.75, 3.05) is 25.1 Å². The minimum Gasteiger partial charge on any atom is -0.382 e. The van der Waals surface area contributed by atoms with Gasteiger partial charge in [0.2, 0.25) is 5.28 Å². The van der Waals surface area contributed by atoms with E-state index in [0.29, 0.717) is 5.65 Å². The second kappa shape index (κ2) is 7.40. The van der Waals surface area contributed by atoms with Gasteiger partial charge in [-0.05, 0) is 31.4 Å². The minimum absolute atomic E-state index is 0.214. The molecule has 1 N–H and O–H groups in total. The second-order valence-corrected chi connectivity index (χ2v) is 4.77. The second-order valence-electron chi connectivity index (χ2n) is 4.43. The quantitative estimate of drug-likeness (QED) is 0.599. The lowest BCUT2D eigenvalue weighted by atomic mass is 10.4. The molecule has 0 saturated carbocycles. The number of fused-ring (bicyclic) bond motifs is 1. The zero-order chi connectivity index (χ0) is 14.4. The van der Waals surface area contributed by atoms with E-state index in [9.17, 15) is 0 Å². The zero-order valence-electron chi connectivity index (χ0n) is 11.9. The molecule has 0 aliphatic heterocycles. The number of imidazole rings is 1. The van der Waals surface area contributed by atoms with Crippen LogP contribution >= 0.6 is 11.6 Å². The summed E-state index contributed by atoms with van der Waals surface area (Å²) in [6, 6.07) is 0. The Morgan fingerprint density at radius 2 is 2.20 bits per heavy atom. The first-order chi connectivity index (χ1) is 9.76. The van der Waals surface area contributed by atoms with Crippen molar-refractivity contribution in [1.82, 2.24) is 19.5 Å². The number of halogens is 1. The number of aryl methyl sites for hydroxylation is 1. The van der Waals surface area contributed by atoms with E-state index < -0.39 is 0 Å². The molecule has 6 nitrogen and oxygen atoms in total. The number of anilines is 1. The molecule has 0 bridgehead atoms. The predicted octanol–water partition coefficient (Wildman–Crippen LogP) is 2.73. The van der Waals surface area contributed by atoms with Gasteiger partial charge in [-0.1, -0.05) is 6.92 Å². The lowest BCUT2D eigenvalue weighted by molar-refractivity contribution is 0.147. The first-order valence-electron chi connectivity index (χ1n) is 6.96. The molecule has 2 aromatic rings. The number of nitrogens with zero attached hydrogens (tertiary/aromatic N) is 4. The topological polar surface area (TPSA) is 64.9 Å². The zero-order valence-corrected chi connectivity index (χ0v) is 12.7. The minimum atomic E-state index is 0.214. The van der Waals surface area contributed by atoms with Crippen LogP contribution in [0.25, 0.3) is 11.2 Å². The summed E-state index contributed by atoms with van der Waals surface area (Å²) in [5.74, 6) is 0.738. The van der Waals surface area contributed by atoms with E-state index in [-0.39, 0.29) is 5.28 Å². The average molecular weight is 298 g/mol. The van der Waals surface area contributed by atoms with Gasteiger partial charge in [0, 0.05) is 26.3 Å². The first-order valence-corrected chi connectivity index (χ1v) is 7.34. The number of nitrogens with one attached hydrogen (secondary N) is 1. The standard InChI is InChI=1S/C13H20ClN5O/c1-3-7-19-9-16-12-10(19)11(17-13(14)18-12)15-6-5-8-20-4-2/h9H,3-8H2,1-2H3,(H,15,17,18). The smallest absolute Gasteiger partial charge is 0.226 e. The fourth-order valence-electron chi connectivity index (χ4n) is 2.01. The molecule has 0 amide bonds. The van der Waals surface area contributed by atoms with Crippen LogP contribution in [-0.4, -0.2) is 39.3 Å². The van der Waals surface area contributed by atoms with Gasteiger partial charge in [0.05, 0.1) is 6.33 Å². The fraction of sp³-hybridized carbons (Fsp3) is 0.615. The van der Waals surface area contributed by atoms with E-state index >= 15 is 0 Å². The maximum Gasteiger partial charge on any atom is 0.226 e. The van der Waals surface area contributed by atoms with Crippen molar-refractivity contribution in [3.63, 3.8) is 0 Å². The normalized spacial score (nSPS) is 11.2. The Hall–Kier alpha value is -1.40. The first kappa shape index (κ1) is 15.0. The third-order valence-corrected chi connectivity index (χ3v) is 3.04. The summed E-state index contributed by atoms with van der Waals surface area (Å²) in [5, 5.41) is 3.51. The van der Waals surface area contributed by atoms with Gasteiger partial charge in [-0.25, -0.2) is 4.98 Å². The summed E-state index contributed by atoms with van der Waals surface area (Å²) in [7, 11) is 0. The lowest BCUT2D eigenvalue weighted by Crippen LogP contribution is -2.09. The molecule has 0 saturated heterocycles. The van der Waals surface area contributed by atoms with Crippen molar-refractivity contribution >= 4 is 28.6 Å². The van der Waals surface area contributed by atoms with E-state index in [4.69, 9.17) is 16.3 Å². The van der Waals surface area contributed by atoms with Crippen LogP contribution in [0.4, 0.5) is 5.82 Å². The van der Waals surface area contributed by atoms with Crippen LogP contribution in [-0.2, 0) is 11.3 Å². The van der Waals surface area contributed by atoms with Crippen molar-refractivity contribution in [3.8, 4) is 0 Å². The molecular formula is C13H20ClN5O. The molecule has 2 aromatic heterocycles. The van der Waals surface area contributed by atoms with E-state index in [1.165, 1.54) is 0 Å². The van der Waals surface area contributed by atoms with Crippen LogP contribution in [0.2, 0.25) is 5.28 Å². The largest absolute Gasteiger partial charge is 0.382 e. The molecule has 0 aliphatic carbocycles. The number of hydrogen-bond acceptors (Lipinski definition) is 5. The molecule has 0 unspecified atom stereocenters. The predicted molar refractivity (Wildman–Crippen MR) is 80.2 cm³/mol. The van der Waals surface area contributed by atoms with Gasteiger partial charge in [0.25, 0.3) is 0 Å². The third-order valence-electron chi connectivity index (χ3n) is 2.87. The summed E-state index contributed by atoms with van der Waals surface area (Å²) in [6.07, 6.45) is 3.72. The van der Waals surface area contributed by atoms with Crippen LogP contribution in [0.15, 0.2) is 6.33 Å². The molecule has 0 atom stereocenters. The molecule has 0 aromatic carbocycles. The average Bonchev–Trinajstić information content (AvgIpc) is 2.82. The Labute approximate surface area is 123 Å². The molecular weight excluding hydrogens is 278 g/mol. The summed E-state index contributed by atoms with van der Waals surface area (Å²) in [4.78, 5) is 12.7. The van der Waals surface area contributed by atoms with E-state index in [1.54, 1.807) is 6.33 Å². The Morgan fingerprint density at radius 3 is 2.95 bits per heavy atom. The molecule has 0 radical (unpaired) electrons. The maximum absolute atomic E-state index is 5.94. The number of aromatic nitrogens is 4. The van der Waals surface area contributed by atoms with Crippen LogP contribution < -0.4 is 5.32 Å². The van der Waals surface area contributed by atoms with Crippen molar-refractivity contribution in [2.45, 2.75) is 33.2 Å². The Kier molecular flexibility index (Phi) is 5.55. The molecule has 0 fully saturated rings. The van der Waals surface area contributed by atoms with Gasteiger partial charge in [0.1, 0.15) is 5.52 Å². The van der Waals surface area contributed by atoms with E-state index in [1.807, 2.05) is 6.92 Å². The van der Waals surface area contributed by atoms with Gasteiger partial charge >= 0.3 is 0 Å². The van der Waals surface area contributed by atoms with Crippen LogP contribution in [0.3, 0.4) is 0 Å². The van der Waals surface area contributed by atoms with Gasteiger partial charge in [-0.2, -0.15) is 9.97 Å². The van der Waals surface area contributed by atoms with Crippen molar-refractivity contribution in [1.29, 1.82) is 0 Å². The monoisotopic (exact) mass is 297 g/mol. The SMILES string of the molecule is CCCn1cnc2nc(Cl)nc(NCCCOCC)c21. The lowest BCUT2D eigenvalue weighted by Gasteiger charge is -2.09. The highest BCUT2D eigenvalue weighted by Crippen LogP contribution is 2.21. The summed E-state index contributed by atoms with van der Waals surface area (Å²) in [5.41, 5.74) is 1.54. The van der Waals surface area contributed by atoms with Crippen molar-refractivity contribution in [3.05, 3.63) is 11.6 Å². The summed E-state index contributed by atoms with van der Waals surface area (Å²) >= 11 is 5.94. The van der Waals surface area contributed by atoms with Gasteiger partial charge in [0.15, 0.2) is 11.5 Å². The molecule has 110 valence electrons. The molecule has 0 spiro atoms. The van der Waals surface area contributed by atoms with Crippen LogP contribution in [0, 0.1) is 0 Å². The van der Waals surface area contributed by atoms with Crippen molar-refractivity contribution < 1.29 is 4.74 Å². The molecule has 2 rings (SSSR count). The van der Waals surface area contributed by atoms with Gasteiger partial charge in [-0.15, -0.1) is 0 Å². The highest BCUT2D eigenvalue weighted by molar-refractivity contribution is 6.28. The van der Waals surface area contributed by atoms with E-state index in [0.717, 1.165) is 50.5 Å². The van der Waals surface area contributed by atoms with E-state index in [2.05, 4.69) is 31.8 Å². The van der Waals surface area contributed by atoms with Crippen LogP contribution in [0.5, 0.6) is 0 Å². The molecule has 2 heterocycles. The van der Waals surface area contributed by atoms with Gasteiger partial charge in [-0.3, -0.25) is 0 Å². The molecule has 20 heavy (non-hydrogen) atoms. The van der Waals surface area contributed by atoms with Crippen molar-refractivity contribution in [2.24, 2.45) is 0 Å². The summed E-state index contributed by atoms with van der Waals surface area (Å²) < 4.78 is 7.37. The Balaban J connectivity index is 2.15. The highest BCUT2D eigenvalue weighted by atomic mass is 35.5. The third kappa shape index (κ3) is 3.58. The van der Waals surface area contributed by atoms with Gasteiger partial charge < -0.3 is 14.6 Å². The highest BCUT2D eigenvalue weighted by Gasteiger charge is 2.12. The van der Waals surface area contributed by atoms with Crippen LogP contribution in [0.1, 0.15) is 26.7 Å².